The number of hydrogen-bond acceptors (Lipinski definition) is 8. The standard InChI is InChI=1S/C20H19N3O8S/c1-30-16-9-14-18(10-17(16)31-2)32(28,29)22(20(14)25)11-19(24)21-7-3-4-12-8-13(23(26)27)5-6-15(12)21/h5-6,8-10H,3-4,7,11H2,1-2H3. The summed E-state index contributed by atoms with van der Waals surface area (Å²) in [5.41, 5.74) is 0.891. The Kier molecular flexibility index (Phi) is 5.25. The molecule has 0 aliphatic carbocycles. The number of nitrogens with zero attached hydrogens (tertiary/aromatic N) is 3. The predicted molar refractivity (Wildman–Crippen MR) is 112 cm³/mol. The van der Waals surface area contributed by atoms with Crippen LogP contribution in [0.2, 0.25) is 0 Å². The lowest BCUT2D eigenvalue weighted by Gasteiger charge is -2.30. The number of hydrogen-bond donors (Lipinski definition) is 0. The molecule has 0 saturated heterocycles. The second kappa shape index (κ2) is 7.79. The summed E-state index contributed by atoms with van der Waals surface area (Å²) in [6.45, 7) is -0.392. The number of non-ortho nitro benzene ring substituents is 1. The minimum atomic E-state index is -4.27. The summed E-state index contributed by atoms with van der Waals surface area (Å²) in [6.07, 6.45) is 1.10. The first-order valence-electron chi connectivity index (χ1n) is 9.59. The van der Waals surface area contributed by atoms with Crippen LogP contribution in [0.5, 0.6) is 11.5 Å². The average Bonchev–Trinajstić information content (AvgIpc) is 2.97. The van der Waals surface area contributed by atoms with Crippen molar-refractivity contribution in [2.75, 3.05) is 32.2 Å². The number of amides is 2. The fourth-order valence-electron chi connectivity index (χ4n) is 3.92. The van der Waals surface area contributed by atoms with Crippen LogP contribution in [-0.2, 0) is 21.2 Å². The molecule has 0 fully saturated rings. The Balaban J connectivity index is 1.65. The van der Waals surface area contributed by atoms with Crippen LogP contribution in [-0.4, -0.2) is 56.8 Å². The van der Waals surface area contributed by atoms with Gasteiger partial charge >= 0.3 is 0 Å². The van der Waals surface area contributed by atoms with Crippen LogP contribution < -0.4 is 14.4 Å². The maximum atomic E-state index is 13.1. The zero-order valence-corrected chi connectivity index (χ0v) is 18.0. The SMILES string of the molecule is COc1cc2c(cc1OC)S(=O)(=O)N(CC(=O)N1CCCc3cc([N+](=O)[O-])ccc31)C2=O. The van der Waals surface area contributed by atoms with Crippen LogP contribution in [0.1, 0.15) is 22.3 Å². The van der Waals surface area contributed by atoms with Gasteiger partial charge in [-0.3, -0.25) is 19.7 Å². The Labute approximate surface area is 183 Å². The molecule has 0 aromatic heterocycles. The number of benzene rings is 2. The Hall–Kier alpha value is -3.67. The fraction of sp³-hybridized carbons (Fsp3) is 0.300. The normalized spacial score (nSPS) is 16.4. The number of nitro benzene ring substituents is 1. The Morgan fingerprint density at radius 1 is 1.16 bits per heavy atom. The van der Waals surface area contributed by atoms with E-state index in [1.54, 1.807) is 0 Å². The summed E-state index contributed by atoms with van der Waals surface area (Å²) in [7, 11) is -1.57. The lowest BCUT2D eigenvalue weighted by molar-refractivity contribution is -0.384. The average molecular weight is 461 g/mol. The van der Waals surface area contributed by atoms with E-state index >= 15 is 0 Å². The second-order valence-electron chi connectivity index (χ2n) is 7.24. The summed E-state index contributed by atoms with van der Waals surface area (Å²) < 4.78 is 36.8. The van der Waals surface area contributed by atoms with Crippen LogP contribution in [0.4, 0.5) is 11.4 Å². The molecule has 0 radical (unpaired) electrons. The van der Waals surface area contributed by atoms with Gasteiger partial charge in [0.15, 0.2) is 11.5 Å². The van der Waals surface area contributed by atoms with Crippen LogP contribution in [0, 0.1) is 10.1 Å². The van der Waals surface area contributed by atoms with Crippen molar-refractivity contribution < 1.29 is 32.4 Å². The first-order chi connectivity index (χ1) is 15.2. The molecule has 12 heteroatoms. The molecule has 2 aliphatic heterocycles. The third-order valence-electron chi connectivity index (χ3n) is 5.48. The molecule has 0 saturated carbocycles. The number of nitro groups is 1. The highest BCUT2D eigenvalue weighted by molar-refractivity contribution is 7.90. The lowest BCUT2D eigenvalue weighted by atomic mass is 10.0. The van der Waals surface area contributed by atoms with E-state index in [0.717, 1.165) is 0 Å². The summed E-state index contributed by atoms with van der Waals surface area (Å²) in [5, 5.41) is 11.0. The molecule has 4 rings (SSSR count). The zero-order valence-electron chi connectivity index (χ0n) is 17.2. The number of rotatable bonds is 5. The van der Waals surface area contributed by atoms with E-state index in [0.29, 0.717) is 34.9 Å². The molecule has 2 amide bonds. The van der Waals surface area contributed by atoms with Crippen molar-refractivity contribution in [3.8, 4) is 11.5 Å². The van der Waals surface area contributed by atoms with Gasteiger partial charge in [0, 0.05) is 30.4 Å². The van der Waals surface area contributed by atoms with Crippen molar-refractivity contribution >= 4 is 33.2 Å². The number of carbonyl (C=O) groups excluding carboxylic acids is 2. The number of methoxy groups -OCH3 is 2. The molecule has 0 spiro atoms. The monoisotopic (exact) mass is 461 g/mol. The Morgan fingerprint density at radius 2 is 1.84 bits per heavy atom. The van der Waals surface area contributed by atoms with Gasteiger partial charge in [0.25, 0.3) is 21.6 Å². The van der Waals surface area contributed by atoms with Crippen LogP contribution in [0.15, 0.2) is 35.2 Å². The topological polar surface area (TPSA) is 136 Å². The maximum Gasteiger partial charge on any atom is 0.269 e. The van der Waals surface area contributed by atoms with Crippen LogP contribution in [0.25, 0.3) is 0 Å². The number of fused-ring (bicyclic) bond motifs is 2. The Bertz CT molecular complexity index is 1260. The summed E-state index contributed by atoms with van der Waals surface area (Å²) in [5.74, 6) is -1.12. The van der Waals surface area contributed by atoms with E-state index in [-0.39, 0.29) is 27.6 Å². The highest BCUT2D eigenvalue weighted by Gasteiger charge is 2.44. The number of ether oxygens (including phenoxy) is 2. The molecule has 0 atom stereocenters. The molecular formula is C20H19N3O8S. The van der Waals surface area contributed by atoms with Crippen molar-refractivity contribution in [2.45, 2.75) is 17.7 Å². The largest absolute Gasteiger partial charge is 0.493 e. The van der Waals surface area contributed by atoms with Gasteiger partial charge in [0.2, 0.25) is 5.91 Å². The minimum Gasteiger partial charge on any atom is -0.493 e. The predicted octanol–water partition coefficient (Wildman–Crippen LogP) is 1.74. The molecule has 0 bridgehead atoms. The number of sulfonamides is 1. The molecule has 2 aromatic rings. The van der Waals surface area contributed by atoms with E-state index in [9.17, 15) is 28.1 Å². The molecule has 168 valence electrons. The molecular weight excluding hydrogens is 442 g/mol. The first kappa shape index (κ1) is 21.6. The van der Waals surface area contributed by atoms with Crippen molar-refractivity contribution in [3.05, 3.63) is 51.6 Å². The molecule has 2 heterocycles. The van der Waals surface area contributed by atoms with Crippen molar-refractivity contribution in [2.24, 2.45) is 0 Å². The van der Waals surface area contributed by atoms with E-state index in [2.05, 4.69) is 0 Å². The quantitative estimate of drug-likeness (QED) is 0.485. The van der Waals surface area contributed by atoms with Gasteiger partial charge in [-0.15, -0.1) is 0 Å². The number of anilines is 1. The summed E-state index contributed by atoms with van der Waals surface area (Å²) in [4.78, 5) is 37.5. The molecule has 0 unspecified atom stereocenters. The molecule has 11 nitrogen and oxygen atoms in total. The van der Waals surface area contributed by atoms with E-state index in [1.165, 1.54) is 49.5 Å². The van der Waals surface area contributed by atoms with E-state index in [1.807, 2.05) is 0 Å². The highest BCUT2D eigenvalue weighted by atomic mass is 32.2. The number of aryl methyl sites for hydroxylation is 1. The zero-order chi connectivity index (χ0) is 23.2. The van der Waals surface area contributed by atoms with E-state index in [4.69, 9.17) is 9.47 Å². The second-order valence-corrected chi connectivity index (χ2v) is 9.07. The molecule has 2 aromatic carbocycles. The van der Waals surface area contributed by atoms with Gasteiger partial charge in [0.05, 0.1) is 24.7 Å². The lowest BCUT2D eigenvalue weighted by Crippen LogP contribution is -2.44. The van der Waals surface area contributed by atoms with Gasteiger partial charge in [-0.2, -0.15) is 0 Å². The van der Waals surface area contributed by atoms with Gasteiger partial charge in [0.1, 0.15) is 11.4 Å². The third kappa shape index (κ3) is 3.32. The summed E-state index contributed by atoms with van der Waals surface area (Å²) >= 11 is 0. The third-order valence-corrected chi connectivity index (χ3v) is 7.25. The summed E-state index contributed by atoms with van der Waals surface area (Å²) in [6, 6.07) is 6.63. The van der Waals surface area contributed by atoms with Crippen molar-refractivity contribution in [1.82, 2.24) is 4.31 Å². The minimum absolute atomic E-state index is 0.0892. The smallest absolute Gasteiger partial charge is 0.269 e. The number of carbonyl (C=O) groups is 2. The van der Waals surface area contributed by atoms with Crippen molar-refractivity contribution in [1.29, 1.82) is 0 Å². The van der Waals surface area contributed by atoms with Gasteiger partial charge in [-0.25, -0.2) is 12.7 Å². The fourth-order valence-corrected chi connectivity index (χ4v) is 5.44. The first-order valence-corrected chi connectivity index (χ1v) is 11.0. The van der Waals surface area contributed by atoms with Gasteiger partial charge in [-0.05, 0) is 30.5 Å². The molecule has 2 aliphatic rings. The van der Waals surface area contributed by atoms with Crippen LogP contribution >= 0.6 is 0 Å². The van der Waals surface area contributed by atoms with Crippen LogP contribution in [0.3, 0.4) is 0 Å². The van der Waals surface area contributed by atoms with E-state index < -0.39 is 33.3 Å². The van der Waals surface area contributed by atoms with Gasteiger partial charge in [-0.1, -0.05) is 0 Å². The molecule has 0 N–H and O–H groups in total. The highest BCUT2D eigenvalue weighted by Crippen LogP contribution is 2.39. The maximum absolute atomic E-state index is 13.1. The van der Waals surface area contributed by atoms with Crippen molar-refractivity contribution in [3.63, 3.8) is 0 Å². The van der Waals surface area contributed by atoms with Gasteiger partial charge < -0.3 is 14.4 Å². The molecule has 32 heavy (non-hydrogen) atoms. The Morgan fingerprint density at radius 3 is 2.50 bits per heavy atom.